The number of hydrazine groups is 1. The van der Waals surface area contributed by atoms with E-state index in [0.717, 1.165) is 5.56 Å². The molecular formula is C15H18Cl2N4O3. The monoisotopic (exact) mass is 372 g/mol. The molecule has 0 aliphatic rings. The number of benzene rings is 1. The molecule has 0 radical (unpaired) electrons. The van der Waals surface area contributed by atoms with Crippen LogP contribution in [0.3, 0.4) is 0 Å². The summed E-state index contributed by atoms with van der Waals surface area (Å²) in [4.78, 5) is 8.12. The summed E-state index contributed by atoms with van der Waals surface area (Å²) in [6.45, 7) is 1.90. The van der Waals surface area contributed by atoms with Crippen molar-refractivity contribution >= 4 is 34.7 Å². The lowest BCUT2D eigenvalue weighted by Crippen LogP contribution is -2.17. The predicted octanol–water partition coefficient (Wildman–Crippen LogP) is 3.83. The van der Waals surface area contributed by atoms with Gasteiger partial charge in [0, 0.05) is 31.5 Å². The minimum atomic E-state index is -0.639. The molecule has 0 amide bonds. The molecule has 0 aliphatic carbocycles. The molecule has 0 fully saturated rings. The van der Waals surface area contributed by atoms with Crippen molar-refractivity contribution in [1.29, 1.82) is 0 Å². The third-order valence-corrected chi connectivity index (χ3v) is 3.66. The Labute approximate surface area is 150 Å². The quantitative estimate of drug-likeness (QED) is 0.434. The molecule has 0 unspecified atom stereocenters. The van der Waals surface area contributed by atoms with Gasteiger partial charge in [0.25, 0.3) is 0 Å². The molecule has 0 saturated carbocycles. The number of aromatic nitrogens is 2. The molecule has 24 heavy (non-hydrogen) atoms. The number of hydrogen-bond acceptors (Lipinski definition) is 7. The number of anilines is 2. The van der Waals surface area contributed by atoms with E-state index in [1.54, 1.807) is 13.2 Å². The number of nitrogens with one attached hydrogen (secondary N) is 2. The molecule has 9 heteroatoms. The number of hydrogen-bond donors (Lipinski definition) is 2. The summed E-state index contributed by atoms with van der Waals surface area (Å²) < 4.78 is 15.8. The smallest absolute Gasteiger partial charge is 0.224 e. The van der Waals surface area contributed by atoms with Crippen LogP contribution in [0.1, 0.15) is 17.4 Å². The van der Waals surface area contributed by atoms with Crippen LogP contribution >= 0.6 is 23.2 Å². The van der Waals surface area contributed by atoms with Crippen molar-refractivity contribution in [1.82, 2.24) is 9.97 Å². The number of ether oxygens (including phenoxy) is 3. The van der Waals surface area contributed by atoms with E-state index in [1.807, 2.05) is 13.0 Å². The van der Waals surface area contributed by atoms with E-state index in [0.29, 0.717) is 27.8 Å². The Kier molecular flexibility index (Phi) is 6.44. The molecule has 1 heterocycles. The van der Waals surface area contributed by atoms with E-state index in [2.05, 4.69) is 20.8 Å². The first kappa shape index (κ1) is 18.5. The summed E-state index contributed by atoms with van der Waals surface area (Å²) in [7, 11) is 4.61. The van der Waals surface area contributed by atoms with Crippen LogP contribution < -0.4 is 15.6 Å². The largest absolute Gasteiger partial charge is 0.494 e. The zero-order valence-corrected chi connectivity index (χ0v) is 15.2. The minimum absolute atomic E-state index is 0.0915. The van der Waals surface area contributed by atoms with Crippen molar-refractivity contribution in [3.8, 4) is 5.75 Å². The number of halogens is 2. The topological polar surface area (TPSA) is 77.5 Å². The molecule has 1 aromatic carbocycles. The highest BCUT2D eigenvalue weighted by molar-refractivity contribution is 6.31. The molecule has 0 aliphatic heterocycles. The van der Waals surface area contributed by atoms with Crippen LogP contribution in [0.4, 0.5) is 11.5 Å². The second-order valence-electron chi connectivity index (χ2n) is 4.80. The average Bonchev–Trinajstić information content (AvgIpc) is 2.56. The lowest BCUT2D eigenvalue weighted by Gasteiger charge is -2.19. The Bertz CT molecular complexity index is 711. The first-order valence-electron chi connectivity index (χ1n) is 6.94. The molecule has 0 atom stereocenters. The fourth-order valence-corrected chi connectivity index (χ4v) is 2.54. The predicted molar refractivity (Wildman–Crippen MR) is 93.8 cm³/mol. The summed E-state index contributed by atoms with van der Waals surface area (Å²) in [6, 6.07) is 3.52. The molecule has 7 nitrogen and oxygen atoms in total. The maximum atomic E-state index is 6.04. The summed E-state index contributed by atoms with van der Waals surface area (Å²) in [5.74, 6) is 1.00. The van der Waals surface area contributed by atoms with Gasteiger partial charge in [-0.05, 0) is 30.2 Å². The highest BCUT2D eigenvalue weighted by atomic mass is 35.5. The van der Waals surface area contributed by atoms with Gasteiger partial charge in [-0.2, -0.15) is 4.98 Å². The van der Waals surface area contributed by atoms with Gasteiger partial charge in [0.15, 0.2) is 12.1 Å². The van der Waals surface area contributed by atoms with Crippen LogP contribution in [0.25, 0.3) is 0 Å². The first-order valence-corrected chi connectivity index (χ1v) is 7.70. The van der Waals surface area contributed by atoms with Gasteiger partial charge in [0.05, 0.1) is 18.4 Å². The number of rotatable bonds is 7. The minimum Gasteiger partial charge on any atom is -0.494 e. The van der Waals surface area contributed by atoms with Gasteiger partial charge in [-0.15, -0.1) is 0 Å². The van der Waals surface area contributed by atoms with Gasteiger partial charge in [-0.3, -0.25) is 10.9 Å². The first-order chi connectivity index (χ1) is 11.5. The van der Waals surface area contributed by atoms with E-state index >= 15 is 0 Å². The molecule has 2 N–H and O–H groups in total. The van der Waals surface area contributed by atoms with Crippen molar-refractivity contribution in [2.75, 3.05) is 32.2 Å². The standard InChI is InChI=1S/C15H18Cl2N4O3/c1-8-5-9(16)6-11(22-2)12(8)20-21-13-10(14(23-3)24-4)7-18-15(17)19-13/h5-7,14,20H,1-4H3,(H,18,19,21). The molecule has 0 spiro atoms. The van der Waals surface area contributed by atoms with Crippen LogP contribution in [-0.2, 0) is 9.47 Å². The van der Waals surface area contributed by atoms with Crippen LogP contribution in [0.2, 0.25) is 10.3 Å². The van der Waals surface area contributed by atoms with Gasteiger partial charge in [-0.1, -0.05) is 11.6 Å². The van der Waals surface area contributed by atoms with E-state index in [-0.39, 0.29) is 5.28 Å². The lowest BCUT2D eigenvalue weighted by atomic mass is 10.2. The molecular weight excluding hydrogens is 355 g/mol. The maximum absolute atomic E-state index is 6.04. The Morgan fingerprint density at radius 2 is 1.79 bits per heavy atom. The van der Waals surface area contributed by atoms with Crippen molar-refractivity contribution in [2.24, 2.45) is 0 Å². The average molecular weight is 373 g/mol. The molecule has 0 bridgehead atoms. The normalized spacial score (nSPS) is 10.8. The number of methoxy groups -OCH3 is 3. The lowest BCUT2D eigenvalue weighted by molar-refractivity contribution is -0.105. The van der Waals surface area contributed by atoms with Crippen LogP contribution in [0.15, 0.2) is 18.3 Å². The second kappa shape index (κ2) is 8.34. The Balaban J connectivity index is 2.31. The van der Waals surface area contributed by atoms with Gasteiger partial charge in [0.2, 0.25) is 5.28 Å². The van der Waals surface area contributed by atoms with E-state index < -0.39 is 6.29 Å². The number of aryl methyl sites for hydroxylation is 1. The van der Waals surface area contributed by atoms with Crippen LogP contribution in [-0.4, -0.2) is 31.3 Å². The van der Waals surface area contributed by atoms with E-state index in [1.165, 1.54) is 20.4 Å². The SMILES string of the molecule is COc1cc(Cl)cc(C)c1NNc1nc(Cl)ncc1C(OC)OC. The summed E-state index contributed by atoms with van der Waals surface area (Å²) in [5.41, 5.74) is 8.23. The van der Waals surface area contributed by atoms with Crippen molar-refractivity contribution in [3.05, 3.63) is 39.8 Å². The summed E-state index contributed by atoms with van der Waals surface area (Å²) >= 11 is 11.9. The van der Waals surface area contributed by atoms with Gasteiger partial charge < -0.3 is 14.2 Å². The number of nitrogens with zero attached hydrogens (tertiary/aromatic N) is 2. The highest BCUT2D eigenvalue weighted by Crippen LogP contribution is 2.32. The molecule has 2 rings (SSSR count). The zero-order chi connectivity index (χ0) is 17.7. The summed E-state index contributed by atoms with van der Waals surface area (Å²) in [6.07, 6.45) is 0.892. The summed E-state index contributed by atoms with van der Waals surface area (Å²) in [5, 5.41) is 0.674. The molecule has 0 saturated heterocycles. The zero-order valence-electron chi connectivity index (χ0n) is 13.7. The van der Waals surface area contributed by atoms with Gasteiger partial charge >= 0.3 is 0 Å². The second-order valence-corrected chi connectivity index (χ2v) is 5.57. The Morgan fingerprint density at radius 3 is 2.42 bits per heavy atom. The third kappa shape index (κ3) is 4.18. The maximum Gasteiger partial charge on any atom is 0.224 e. The van der Waals surface area contributed by atoms with E-state index in [4.69, 9.17) is 37.4 Å². The van der Waals surface area contributed by atoms with Gasteiger partial charge in [-0.25, -0.2) is 4.98 Å². The highest BCUT2D eigenvalue weighted by Gasteiger charge is 2.17. The Morgan fingerprint density at radius 1 is 1.08 bits per heavy atom. The molecule has 2 aromatic rings. The third-order valence-electron chi connectivity index (χ3n) is 3.26. The van der Waals surface area contributed by atoms with Crippen molar-refractivity contribution in [2.45, 2.75) is 13.2 Å². The fourth-order valence-electron chi connectivity index (χ4n) is 2.15. The van der Waals surface area contributed by atoms with Crippen LogP contribution in [0.5, 0.6) is 5.75 Å². The Hall–Kier alpha value is -1.80. The fraction of sp³-hybridized carbons (Fsp3) is 0.333. The molecule has 130 valence electrons. The molecule has 1 aromatic heterocycles. The van der Waals surface area contributed by atoms with Crippen molar-refractivity contribution in [3.63, 3.8) is 0 Å². The van der Waals surface area contributed by atoms with E-state index in [9.17, 15) is 0 Å². The van der Waals surface area contributed by atoms with Gasteiger partial charge in [0.1, 0.15) is 5.75 Å². The van der Waals surface area contributed by atoms with Crippen molar-refractivity contribution < 1.29 is 14.2 Å². The van der Waals surface area contributed by atoms with Crippen LogP contribution in [0, 0.1) is 6.92 Å².